The summed E-state index contributed by atoms with van der Waals surface area (Å²) < 4.78 is 33.2. The van der Waals surface area contributed by atoms with Gasteiger partial charge in [0.1, 0.15) is 12.0 Å². The Balaban J connectivity index is 1.34. The standard InChI is InChI=1S/C28H42F2O6/c29-22-8-7-19-11-21(12-20(19)13-22)26(33)10-9-23-24(27(34)14-25(23)30)5-3-1-2-4-6-28(35)36-17-18(15-31)16-32/h7-8,13,18,21,23-27,31-34H,1-6,9-12,14-17H2/t21?,23-,24-,25+,26+,27+/m1/s1. The molecule has 0 amide bonds. The Morgan fingerprint density at radius 2 is 1.75 bits per heavy atom. The third-order valence-electron chi connectivity index (χ3n) is 8.11. The van der Waals surface area contributed by atoms with Gasteiger partial charge >= 0.3 is 5.97 Å². The van der Waals surface area contributed by atoms with Crippen LogP contribution in [0.4, 0.5) is 8.78 Å². The predicted molar refractivity (Wildman–Crippen MR) is 131 cm³/mol. The number of ether oxygens (including phenoxy) is 1. The number of carbonyl (C=O) groups is 1. The molecule has 2 aliphatic rings. The zero-order valence-electron chi connectivity index (χ0n) is 21.0. The van der Waals surface area contributed by atoms with Gasteiger partial charge in [0.25, 0.3) is 0 Å². The van der Waals surface area contributed by atoms with Crippen LogP contribution in [-0.2, 0) is 22.4 Å². The lowest BCUT2D eigenvalue weighted by Gasteiger charge is -2.25. The van der Waals surface area contributed by atoms with Gasteiger partial charge in [-0.1, -0.05) is 25.3 Å². The van der Waals surface area contributed by atoms with Crippen molar-refractivity contribution in [2.24, 2.45) is 23.7 Å². The first kappa shape index (κ1) is 29.0. The molecule has 6 atom stereocenters. The quantitative estimate of drug-likeness (QED) is 0.212. The summed E-state index contributed by atoms with van der Waals surface area (Å²) in [5, 5.41) is 39.2. The molecule has 6 nitrogen and oxygen atoms in total. The molecule has 1 aromatic rings. The van der Waals surface area contributed by atoms with Gasteiger partial charge < -0.3 is 25.2 Å². The number of halogens is 2. The van der Waals surface area contributed by atoms with E-state index in [1.165, 1.54) is 12.1 Å². The first-order chi connectivity index (χ1) is 17.3. The first-order valence-corrected chi connectivity index (χ1v) is 13.5. The smallest absolute Gasteiger partial charge is 0.305 e. The Bertz CT molecular complexity index is 817. The zero-order chi connectivity index (χ0) is 26.1. The first-order valence-electron chi connectivity index (χ1n) is 13.5. The van der Waals surface area contributed by atoms with Gasteiger partial charge in [-0.2, -0.15) is 0 Å². The number of hydrogen-bond acceptors (Lipinski definition) is 6. The minimum Gasteiger partial charge on any atom is -0.465 e. The zero-order valence-corrected chi connectivity index (χ0v) is 21.0. The van der Waals surface area contributed by atoms with Crippen molar-refractivity contribution in [1.82, 2.24) is 0 Å². The maximum Gasteiger partial charge on any atom is 0.305 e. The predicted octanol–water partition coefficient (Wildman–Crippen LogP) is 3.50. The van der Waals surface area contributed by atoms with Crippen LogP contribution in [0.2, 0.25) is 0 Å². The van der Waals surface area contributed by atoms with Gasteiger partial charge in [0.2, 0.25) is 0 Å². The minimum absolute atomic E-state index is 0.0120. The summed E-state index contributed by atoms with van der Waals surface area (Å²) in [4.78, 5) is 11.7. The fourth-order valence-electron chi connectivity index (χ4n) is 5.88. The van der Waals surface area contributed by atoms with Crippen LogP contribution in [0.3, 0.4) is 0 Å². The van der Waals surface area contributed by atoms with Crippen molar-refractivity contribution in [1.29, 1.82) is 0 Å². The number of unbranched alkanes of at least 4 members (excludes halogenated alkanes) is 3. The summed E-state index contributed by atoms with van der Waals surface area (Å²) in [6.45, 7) is -0.447. The SMILES string of the molecule is O=C(CCCCCC[C@@H]1[C@@H](CC[C@H](O)C2Cc3ccc(F)cc3C2)[C@@H](F)C[C@@H]1O)OCC(CO)CO. The maximum absolute atomic E-state index is 14.7. The van der Waals surface area contributed by atoms with E-state index in [0.29, 0.717) is 32.1 Å². The van der Waals surface area contributed by atoms with Crippen molar-refractivity contribution in [2.75, 3.05) is 19.8 Å². The number of benzene rings is 1. The molecular weight excluding hydrogens is 470 g/mol. The lowest BCUT2D eigenvalue weighted by atomic mass is 9.83. The number of alkyl halides is 1. The molecule has 1 saturated carbocycles. The van der Waals surface area contributed by atoms with E-state index in [9.17, 15) is 23.8 Å². The molecule has 0 bridgehead atoms. The van der Waals surface area contributed by atoms with Crippen molar-refractivity contribution < 1.29 is 38.7 Å². The van der Waals surface area contributed by atoms with Crippen molar-refractivity contribution in [3.63, 3.8) is 0 Å². The van der Waals surface area contributed by atoms with Crippen molar-refractivity contribution >= 4 is 5.97 Å². The molecule has 1 fully saturated rings. The number of esters is 1. The average molecular weight is 513 g/mol. The normalized spacial score (nSPS) is 26.4. The second-order valence-corrected chi connectivity index (χ2v) is 10.7. The van der Waals surface area contributed by atoms with Crippen LogP contribution in [0.5, 0.6) is 0 Å². The highest BCUT2D eigenvalue weighted by atomic mass is 19.1. The molecule has 0 aromatic heterocycles. The second kappa shape index (κ2) is 14.4. The second-order valence-electron chi connectivity index (χ2n) is 10.7. The third-order valence-corrected chi connectivity index (χ3v) is 8.11. The van der Waals surface area contributed by atoms with E-state index >= 15 is 0 Å². The lowest BCUT2D eigenvalue weighted by Crippen LogP contribution is -2.26. The van der Waals surface area contributed by atoms with E-state index in [0.717, 1.165) is 36.8 Å². The van der Waals surface area contributed by atoms with Gasteiger partial charge in [-0.25, -0.2) is 8.78 Å². The summed E-state index contributed by atoms with van der Waals surface area (Å²) >= 11 is 0. The molecule has 0 saturated heterocycles. The van der Waals surface area contributed by atoms with Gasteiger partial charge in [0.15, 0.2) is 0 Å². The molecule has 36 heavy (non-hydrogen) atoms. The van der Waals surface area contributed by atoms with Crippen molar-refractivity contribution in [2.45, 2.75) is 89.0 Å². The van der Waals surface area contributed by atoms with E-state index in [2.05, 4.69) is 0 Å². The maximum atomic E-state index is 14.7. The van der Waals surface area contributed by atoms with Crippen LogP contribution >= 0.6 is 0 Å². The Labute approximate surface area is 212 Å². The lowest BCUT2D eigenvalue weighted by molar-refractivity contribution is -0.146. The number of carbonyl (C=O) groups excluding carboxylic acids is 1. The van der Waals surface area contributed by atoms with E-state index in [4.69, 9.17) is 14.9 Å². The van der Waals surface area contributed by atoms with Crippen LogP contribution in [0.15, 0.2) is 18.2 Å². The summed E-state index contributed by atoms with van der Waals surface area (Å²) in [5.74, 6) is -1.42. The van der Waals surface area contributed by atoms with Gasteiger partial charge in [0.05, 0.1) is 32.0 Å². The van der Waals surface area contributed by atoms with Gasteiger partial charge in [-0.3, -0.25) is 4.79 Å². The highest BCUT2D eigenvalue weighted by molar-refractivity contribution is 5.69. The van der Waals surface area contributed by atoms with Crippen molar-refractivity contribution in [3.8, 4) is 0 Å². The molecule has 0 radical (unpaired) electrons. The molecule has 1 unspecified atom stereocenters. The van der Waals surface area contributed by atoms with Gasteiger partial charge in [-0.15, -0.1) is 0 Å². The molecule has 1 aromatic carbocycles. The van der Waals surface area contributed by atoms with E-state index in [1.54, 1.807) is 6.07 Å². The molecule has 0 spiro atoms. The van der Waals surface area contributed by atoms with Gasteiger partial charge in [0, 0.05) is 18.8 Å². The largest absolute Gasteiger partial charge is 0.465 e. The van der Waals surface area contributed by atoms with E-state index in [1.807, 2.05) is 0 Å². The van der Waals surface area contributed by atoms with E-state index < -0.39 is 24.3 Å². The molecule has 3 rings (SSSR count). The Morgan fingerprint density at radius 3 is 2.50 bits per heavy atom. The van der Waals surface area contributed by atoms with Crippen LogP contribution < -0.4 is 0 Å². The summed E-state index contributed by atoms with van der Waals surface area (Å²) in [5.41, 5.74) is 2.02. The van der Waals surface area contributed by atoms with Crippen molar-refractivity contribution in [3.05, 3.63) is 35.1 Å². The fraction of sp³-hybridized carbons (Fsp3) is 0.750. The Hall–Kier alpha value is -1.61. The number of hydrogen-bond donors (Lipinski definition) is 4. The molecule has 8 heteroatoms. The fourth-order valence-corrected chi connectivity index (χ4v) is 5.88. The third kappa shape index (κ3) is 8.20. The van der Waals surface area contributed by atoms with Crippen LogP contribution in [0.25, 0.3) is 0 Å². The number of rotatable bonds is 15. The number of fused-ring (bicyclic) bond motifs is 1. The monoisotopic (exact) mass is 512 g/mol. The number of aliphatic hydroxyl groups is 4. The topological polar surface area (TPSA) is 107 Å². The average Bonchev–Trinajstić information content (AvgIpc) is 3.39. The summed E-state index contributed by atoms with van der Waals surface area (Å²) in [7, 11) is 0. The Morgan fingerprint density at radius 1 is 1.03 bits per heavy atom. The Kier molecular flexibility index (Phi) is 11.5. The summed E-state index contributed by atoms with van der Waals surface area (Å²) in [6.07, 6.45) is 4.40. The minimum atomic E-state index is -1.07. The molecule has 0 heterocycles. The van der Waals surface area contributed by atoms with Gasteiger partial charge in [-0.05, 0) is 79.5 Å². The highest BCUT2D eigenvalue weighted by Crippen LogP contribution is 2.41. The number of aliphatic hydroxyl groups excluding tert-OH is 4. The molecule has 4 N–H and O–H groups in total. The van der Waals surface area contributed by atoms with E-state index in [-0.39, 0.29) is 62.2 Å². The summed E-state index contributed by atoms with van der Waals surface area (Å²) in [6, 6.07) is 4.77. The van der Waals surface area contributed by atoms with Crippen LogP contribution in [-0.4, -0.2) is 64.6 Å². The molecule has 2 aliphatic carbocycles. The molecule has 0 aliphatic heterocycles. The highest BCUT2D eigenvalue weighted by Gasteiger charge is 2.42. The molecular formula is C28H42F2O6. The van der Waals surface area contributed by atoms with Crippen LogP contribution in [0.1, 0.15) is 68.9 Å². The van der Waals surface area contributed by atoms with Crippen LogP contribution in [0, 0.1) is 29.5 Å². The molecule has 204 valence electrons.